The van der Waals surface area contributed by atoms with Crippen molar-refractivity contribution in [2.24, 2.45) is 0 Å². The van der Waals surface area contributed by atoms with Gasteiger partial charge in [0.2, 0.25) is 5.82 Å². The molecule has 1 aromatic heterocycles. The van der Waals surface area contributed by atoms with E-state index in [-0.39, 0.29) is 17.8 Å². The number of nitrogens with zero attached hydrogens (tertiary/aromatic N) is 3. The highest BCUT2D eigenvalue weighted by Gasteiger charge is 2.21. The van der Waals surface area contributed by atoms with Gasteiger partial charge in [-0.15, -0.1) is 5.10 Å². The molecular formula is C10H18N4O2. The van der Waals surface area contributed by atoms with Crippen LogP contribution in [0.25, 0.3) is 0 Å². The first kappa shape index (κ1) is 12.5. The molecule has 0 saturated carbocycles. The Kier molecular flexibility index (Phi) is 3.87. The molecule has 6 nitrogen and oxygen atoms in total. The van der Waals surface area contributed by atoms with Gasteiger partial charge in [0.05, 0.1) is 4.92 Å². The first-order chi connectivity index (χ1) is 7.45. The highest BCUT2D eigenvalue weighted by Crippen LogP contribution is 2.24. The van der Waals surface area contributed by atoms with Crippen molar-refractivity contribution in [3.63, 3.8) is 0 Å². The lowest BCUT2D eigenvalue weighted by Crippen LogP contribution is -2.15. The van der Waals surface area contributed by atoms with Gasteiger partial charge in [-0.2, -0.15) is 0 Å². The molecule has 6 heteroatoms. The van der Waals surface area contributed by atoms with Crippen molar-refractivity contribution >= 4 is 11.5 Å². The summed E-state index contributed by atoms with van der Waals surface area (Å²) in [4.78, 5) is 10.4. The highest BCUT2D eigenvalue weighted by atomic mass is 16.6. The summed E-state index contributed by atoms with van der Waals surface area (Å²) in [6, 6.07) is 0.292. The third kappa shape index (κ3) is 2.71. The number of anilines is 1. The summed E-state index contributed by atoms with van der Waals surface area (Å²) >= 11 is 0. The van der Waals surface area contributed by atoms with Crippen LogP contribution in [0.2, 0.25) is 0 Å². The number of nitrogens with one attached hydrogen (secondary N) is 1. The van der Waals surface area contributed by atoms with Crippen LogP contribution < -0.4 is 5.32 Å². The molecule has 0 amide bonds. The molecule has 0 aliphatic rings. The van der Waals surface area contributed by atoms with E-state index in [1.54, 1.807) is 4.68 Å². The fraction of sp³-hybridized carbons (Fsp3) is 0.700. The first-order valence-electron chi connectivity index (χ1n) is 5.45. The van der Waals surface area contributed by atoms with Crippen molar-refractivity contribution in [3.05, 3.63) is 16.3 Å². The molecule has 1 N–H and O–H groups in total. The van der Waals surface area contributed by atoms with Crippen LogP contribution in [0.4, 0.5) is 11.5 Å². The van der Waals surface area contributed by atoms with Gasteiger partial charge in [0.1, 0.15) is 6.20 Å². The second kappa shape index (κ2) is 4.96. The normalized spacial score (nSPS) is 12.8. The van der Waals surface area contributed by atoms with E-state index in [1.807, 2.05) is 27.7 Å². The molecule has 1 heterocycles. The summed E-state index contributed by atoms with van der Waals surface area (Å²) in [7, 11) is 0. The van der Waals surface area contributed by atoms with E-state index in [9.17, 15) is 10.1 Å². The Hall–Kier alpha value is -1.59. The van der Waals surface area contributed by atoms with Crippen molar-refractivity contribution in [2.45, 2.75) is 46.2 Å². The van der Waals surface area contributed by atoms with Crippen molar-refractivity contribution in [2.75, 3.05) is 5.32 Å². The van der Waals surface area contributed by atoms with E-state index in [0.29, 0.717) is 5.82 Å². The summed E-state index contributed by atoms with van der Waals surface area (Å²) in [6.45, 7) is 7.86. The Morgan fingerprint density at radius 3 is 2.62 bits per heavy atom. The lowest BCUT2D eigenvalue weighted by Gasteiger charge is -2.09. The quantitative estimate of drug-likeness (QED) is 0.618. The third-order valence-electron chi connectivity index (χ3n) is 2.43. The molecule has 0 fully saturated rings. The average Bonchev–Trinajstić information content (AvgIpc) is 2.61. The second-order valence-electron chi connectivity index (χ2n) is 4.15. The summed E-state index contributed by atoms with van der Waals surface area (Å²) < 4.78 is 1.60. The minimum atomic E-state index is -0.406. The van der Waals surface area contributed by atoms with Gasteiger partial charge in [-0.1, -0.05) is 6.92 Å². The Bertz CT molecular complexity index is 373. The van der Waals surface area contributed by atoms with Crippen molar-refractivity contribution in [3.8, 4) is 0 Å². The fourth-order valence-corrected chi connectivity index (χ4v) is 1.22. The Balaban J connectivity index is 3.00. The summed E-state index contributed by atoms with van der Waals surface area (Å²) in [5, 5.41) is 18.1. The number of rotatable bonds is 5. The number of hydrogen-bond acceptors (Lipinski definition) is 4. The van der Waals surface area contributed by atoms with Crippen molar-refractivity contribution in [1.29, 1.82) is 0 Å². The predicted octanol–water partition coefficient (Wildman–Crippen LogP) is 2.58. The molecule has 0 aliphatic heterocycles. The molecule has 1 rings (SSSR count). The lowest BCUT2D eigenvalue weighted by atomic mass is 10.2. The number of aromatic nitrogens is 2. The van der Waals surface area contributed by atoms with Gasteiger partial charge in [0.25, 0.3) is 0 Å². The van der Waals surface area contributed by atoms with E-state index in [1.165, 1.54) is 6.20 Å². The maximum Gasteiger partial charge on any atom is 0.330 e. The predicted molar refractivity (Wildman–Crippen MR) is 62.6 cm³/mol. The molecule has 0 aromatic carbocycles. The van der Waals surface area contributed by atoms with Gasteiger partial charge in [-0.3, -0.25) is 14.8 Å². The van der Waals surface area contributed by atoms with Gasteiger partial charge in [0, 0.05) is 12.1 Å². The minimum Gasteiger partial charge on any atom is -0.360 e. The molecular weight excluding hydrogens is 208 g/mol. The molecule has 0 bridgehead atoms. The standard InChI is InChI=1S/C10H18N4O2/c1-5-8(4)11-10-9(14(15)16)6-13(12-10)7(2)3/h6-8H,5H2,1-4H3,(H,11,12)/t8-/m0/s1. The average molecular weight is 226 g/mol. The summed E-state index contributed by atoms with van der Waals surface area (Å²) in [5.41, 5.74) is 0.0361. The largest absolute Gasteiger partial charge is 0.360 e. The molecule has 0 saturated heterocycles. The Morgan fingerprint density at radius 1 is 1.56 bits per heavy atom. The smallest absolute Gasteiger partial charge is 0.330 e. The van der Waals surface area contributed by atoms with E-state index in [2.05, 4.69) is 10.4 Å². The van der Waals surface area contributed by atoms with E-state index < -0.39 is 4.92 Å². The monoisotopic (exact) mass is 226 g/mol. The number of hydrogen-bond donors (Lipinski definition) is 1. The summed E-state index contributed by atoms with van der Waals surface area (Å²) in [5.74, 6) is 0.355. The summed E-state index contributed by atoms with van der Waals surface area (Å²) in [6.07, 6.45) is 2.36. The Morgan fingerprint density at radius 2 is 2.19 bits per heavy atom. The lowest BCUT2D eigenvalue weighted by molar-refractivity contribution is -0.384. The van der Waals surface area contributed by atoms with Crippen LogP contribution in [-0.2, 0) is 0 Å². The van der Waals surface area contributed by atoms with Gasteiger partial charge < -0.3 is 5.32 Å². The molecule has 0 radical (unpaired) electrons. The van der Waals surface area contributed by atoms with Crippen LogP contribution in [-0.4, -0.2) is 20.7 Å². The van der Waals surface area contributed by atoms with Crippen LogP contribution >= 0.6 is 0 Å². The minimum absolute atomic E-state index is 0.0361. The zero-order chi connectivity index (χ0) is 12.3. The topological polar surface area (TPSA) is 73.0 Å². The Labute approximate surface area is 94.8 Å². The maximum atomic E-state index is 10.8. The zero-order valence-corrected chi connectivity index (χ0v) is 10.1. The molecule has 1 aromatic rings. The molecule has 16 heavy (non-hydrogen) atoms. The van der Waals surface area contributed by atoms with E-state index >= 15 is 0 Å². The third-order valence-corrected chi connectivity index (χ3v) is 2.43. The van der Waals surface area contributed by atoms with Gasteiger partial charge in [0.15, 0.2) is 0 Å². The van der Waals surface area contributed by atoms with Crippen LogP contribution in [0.3, 0.4) is 0 Å². The number of nitro groups is 1. The van der Waals surface area contributed by atoms with Gasteiger partial charge in [-0.25, -0.2) is 0 Å². The first-order valence-corrected chi connectivity index (χ1v) is 5.45. The molecule has 0 aliphatic carbocycles. The molecule has 0 unspecified atom stereocenters. The maximum absolute atomic E-state index is 10.8. The van der Waals surface area contributed by atoms with Crippen molar-refractivity contribution in [1.82, 2.24) is 9.78 Å². The van der Waals surface area contributed by atoms with Crippen LogP contribution in [0.1, 0.15) is 40.2 Å². The van der Waals surface area contributed by atoms with Gasteiger partial charge in [-0.05, 0) is 27.2 Å². The SMILES string of the molecule is CC[C@H](C)Nc1nn(C(C)C)cc1[N+](=O)[O-]. The van der Waals surface area contributed by atoms with Crippen LogP contribution in [0.15, 0.2) is 6.20 Å². The van der Waals surface area contributed by atoms with Crippen LogP contribution in [0.5, 0.6) is 0 Å². The molecule has 1 atom stereocenters. The fourth-order valence-electron chi connectivity index (χ4n) is 1.22. The van der Waals surface area contributed by atoms with Crippen molar-refractivity contribution < 1.29 is 4.92 Å². The van der Waals surface area contributed by atoms with E-state index in [4.69, 9.17) is 0 Å². The zero-order valence-electron chi connectivity index (χ0n) is 10.1. The molecule has 90 valence electrons. The van der Waals surface area contributed by atoms with Crippen LogP contribution in [0, 0.1) is 10.1 Å². The van der Waals surface area contributed by atoms with E-state index in [0.717, 1.165) is 6.42 Å². The van der Waals surface area contributed by atoms with Gasteiger partial charge >= 0.3 is 5.69 Å². The molecule has 0 spiro atoms. The second-order valence-corrected chi connectivity index (χ2v) is 4.15. The highest BCUT2D eigenvalue weighted by molar-refractivity contribution is 5.55.